The number of ether oxygens (including phenoxy) is 1. The van der Waals surface area contributed by atoms with E-state index in [4.69, 9.17) is 0 Å². The number of carbonyl (C=O) groups is 1. The number of nitrogens with one attached hydrogen (secondary N) is 1. The SMILES string of the molecule is COC(=O)CCN(C)C1CCCNCC1.Cl. The number of esters is 1. The Morgan fingerprint density at radius 2 is 2.19 bits per heavy atom. The highest BCUT2D eigenvalue weighted by Gasteiger charge is 2.17. The second kappa shape index (κ2) is 8.79. The lowest BCUT2D eigenvalue weighted by Crippen LogP contribution is -2.34. The Balaban J connectivity index is 0.00000225. The molecule has 4 nitrogen and oxygen atoms in total. The van der Waals surface area contributed by atoms with Gasteiger partial charge in [0.05, 0.1) is 13.5 Å². The first-order valence-electron chi connectivity index (χ1n) is 5.72. The molecule has 1 heterocycles. The molecule has 96 valence electrons. The smallest absolute Gasteiger partial charge is 0.306 e. The second-order valence-electron chi connectivity index (χ2n) is 4.14. The van der Waals surface area contributed by atoms with Crippen molar-refractivity contribution in [3.8, 4) is 0 Å². The fourth-order valence-electron chi connectivity index (χ4n) is 1.99. The van der Waals surface area contributed by atoms with Crippen molar-refractivity contribution in [2.45, 2.75) is 31.7 Å². The van der Waals surface area contributed by atoms with E-state index in [-0.39, 0.29) is 18.4 Å². The first-order valence-corrected chi connectivity index (χ1v) is 5.72. The molecular formula is C11H23ClN2O2. The molecule has 0 aromatic heterocycles. The van der Waals surface area contributed by atoms with Gasteiger partial charge in [-0.05, 0) is 39.4 Å². The van der Waals surface area contributed by atoms with Gasteiger partial charge in [-0.2, -0.15) is 0 Å². The predicted octanol–water partition coefficient (Wildman–Crippen LogP) is 1.05. The van der Waals surface area contributed by atoms with Crippen LogP contribution in [0, 0.1) is 0 Å². The van der Waals surface area contributed by atoms with Gasteiger partial charge in [0.15, 0.2) is 0 Å². The monoisotopic (exact) mass is 250 g/mol. The number of nitrogens with zero attached hydrogens (tertiary/aromatic N) is 1. The normalized spacial score (nSPS) is 21.1. The van der Waals surface area contributed by atoms with Crippen LogP contribution in [0.3, 0.4) is 0 Å². The molecule has 0 aliphatic carbocycles. The zero-order valence-electron chi connectivity index (χ0n) is 10.2. The molecule has 1 saturated heterocycles. The van der Waals surface area contributed by atoms with E-state index in [9.17, 15) is 4.79 Å². The van der Waals surface area contributed by atoms with Gasteiger partial charge in [-0.15, -0.1) is 12.4 Å². The lowest BCUT2D eigenvalue weighted by Gasteiger charge is -2.26. The van der Waals surface area contributed by atoms with Crippen LogP contribution < -0.4 is 5.32 Å². The maximum absolute atomic E-state index is 11.0. The number of hydrogen-bond acceptors (Lipinski definition) is 4. The molecule has 0 amide bonds. The van der Waals surface area contributed by atoms with Crippen molar-refractivity contribution >= 4 is 18.4 Å². The fraction of sp³-hybridized carbons (Fsp3) is 0.909. The summed E-state index contributed by atoms with van der Waals surface area (Å²) in [6.07, 6.45) is 4.13. The van der Waals surface area contributed by atoms with Crippen LogP contribution in [0.4, 0.5) is 0 Å². The Kier molecular flexibility index (Phi) is 8.61. The molecule has 1 aliphatic heterocycles. The topological polar surface area (TPSA) is 41.6 Å². The van der Waals surface area contributed by atoms with Crippen molar-refractivity contribution in [1.82, 2.24) is 10.2 Å². The zero-order valence-corrected chi connectivity index (χ0v) is 11.0. The Morgan fingerprint density at radius 3 is 2.88 bits per heavy atom. The van der Waals surface area contributed by atoms with Crippen molar-refractivity contribution in [3.05, 3.63) is 0 Å². The first kappa shape index (κ1) is 15.7. The maximum atomic E-state index is 11.0. The quantitative estimate of drug-likeness (QED) is 0.758. The summed E-state index contributed by atoms with van der Waals surface area (Å²) >= 11 is 0. The van der Waals surface area contributed by atoms with Gasteiger partial charge in [0.2, 0.25) is 0 Å². The number of rotatable bonds is 4. The maximum Gasteiger partial charge on any atom is 0.306 e. The molecule has 0 bridgehead atoms. The molecule has 1 unspecified atom stereocenters. The van der Waals surface area contributed by atoms with Gasteiger partial charge in [-0.25, -0.2) is 0 Å². The number of methoxy groups -OCH3 is 1. The van der Waals surface area contributed by atoms with E-state index in [2.05, 4.69) is 22.0 Å². The average Bonchev–Trinajstić information content (AvgIpc) is 2.53. The molecule has 0 spiro atoms. The third-order valence-corrected chi connectivity index (χ3v) is 3.06. The van der Waals surface area contributed by atoms with E-state index in [1.807, 2.05) is 0 Å². The minimum atomic E-state index is -0.117. The summed E-state index contributed by atoms with van der Waals surface area (Å²) < 4.78 is 4.63. The van der Waals surface area contributed by atoms with Crippen LogP contribution in [0.2, 0.25) is 0 Å². The highest BCUT2D eigenvalue weighted by atomic mass is 35.5. The van der Waals surface area contributed by atoms with Crippen LogP contribution in [-0.4, -0.2) is 50.7 Å². The van der Waals surface area contributed by atoms with Crippen molar-refractivity contribution < 1.29 is 9.53 Å². The van der Waals surface area contributed by atoms with Crippen molar-refractivity contribution in [3.63, 3.8) is 0 Å². The summed E-state index contributed by atoms with van der Waals surface area (Å²) in [5, 5.41) is 3.39. The number of carbonyl (C=O) groups excluding carboxylic acids is 1. The van der Waals surface area contributed by atoms with E-state index in [0.717, 1.165) is 19.6 Å². The van der Waals surface area contributed by atoms with Crippen LogP contribution in [0.15, 0.2) is 0 Å². The standard InChI is InChI=1S/C11H22N2O2.ClH/c1-13(9-6-11(14)15-2)10-4-3-7-12-8-5-10;/h10,12H,3-9H2,1-2H3;1H. The molecule has 1 atom stereocenters. The largest absolute Gasteiger partial charge is 0.469 e. The fourth-order valence-corrected chi connectivity index (χ4v) is 1.99. The van der Waals surface area contributed by atoms with Crippen molar-refractivity contribution in [1.29, 1.82) is 0 Å². The molecule has 0 radical (unpaired) electrons. The first-order chi connectivity index (χ1) is 7.24. The lowest BCUT2D eigenvalue weighted by molar-refractivity contribution is -0.141. The van der Waals surface area contributed by atoms with E-state index < -0.39 is 0 Å². The highest BCUT2D eigenvalue weighted by molar-refractivity contribution is 5.85. The van der Waals surface area contributed by atoms with Crippen molar-refractivity contribution in [2.24, 2.45) is 0 Å². The molecule has 1 fully saturated rings. The minimum Gasteiger partial charge on any atom is -0.469 e. The second-order valence-corrected chi connectivity index (χ2v) is 4.14. The summed E-state index contributed by atoms with van der Waals surface area (Å²) in [6.45, 7) is 3.02. The Bertz CT molecular complexity index is 194. The minimum absolute atomic E-state index is 0. The van der Waals surface area contributed by atoms with Gasteiger partial charge < -0.3 is 15.0 Å². The van der Waals surface area contributed by atoms with Gasteiger partial charge in [0.25, 0.3) is 0 Å². The van der Waals surface area contributed by atoms with Gasteiger partial charge in [-0.3, -0.25) is 4.79 Å². The van der Waals surface area contributed by atoms with Gasteiger partial charge in [-0.1, -0.05) is 0 Å². The van der Waals surface area contributed by atoms with Gasteiger partial charge in [0.1, 0.15) is 0 Å². The molecule has 1 N–H and O–H groups in total. The molecule has 1 aliphatic rings. The van der Waals surface area contributed by atoms with Crippen LogP contribution >= 0.6 is 12.4 Å². The summed E-state index contributed by atoms with van der Waals surface area (Å²) in [5.41, 5.74) is 0. The third kappa shape index (κ3) is 5.68. The number of hydrogen-bond donors (Lipinski definition) is 1. The summed E-state index contributed by atoms with van der Waals surface area (Å²) in [5.74, 6) is -0.117. The van der Waals surface area contributed by atoms with Crippen LogP contribution in [-0.2, 0) is 9.53 Å². The van der Waals surface area contributed by atoms with E-state index in [1.54, 1.807) is 0 Å². The van der Waals surface area contributed by atoms with Crippen LogP contribution in [0.1, 0.15) is 25.7 Å². The molecule has 0 aromatic carbocycles. The third-order valence-electron chi connectivity index (χ3n) is 3.06. The predicted molar refractivity (Wildman–Crippen MR) is 67.0 cm³/mol. The zero-order chi connectivity index (χ0) is 11.1. The van der Waals surface area contributed by atoms with Crippen molar-refractivity contribution in [2.75, 3.05) is 33.8 Å². The number of halogens is 1. The Hall–Kier alpha value is -0.320. The van der Waals surface area contributed by atoms with Crippen LogP contribution in [0.5, 0.6) is 0 Å². The Morgan fingerprint density at radius 1 is 1.44 bits per heavy atom. The average molecular weight is 251 g/mol. The lowest BCUT2D eigenvalue weighted by atomic mass is 10.1. The molecule has 5 heteroatoms. The molecule has 0 saturated carbocycles. The van der Waals surface area contributed by atoms with E-state index in [0.29, 0.717) is 12.5 Å². The summed E-state index contributed by atoms with van der Waals surface area (Å²) in [7, 11) is 3.54. The van der Waals surface area contributed by atoms with Gasteiger partial charge >= 0.3 is 5.97 Å². The van der Waals surface area contributed by atoms with Gasteiger partial charge in [0, 0.05) is 12.6 Å². The Labute approximate surface area is 104 Å². The summed E-state index contributed by atoms with van der Waals surface area (Å²) in [6, 6.07) is 0.615. The summed E-state index contributed by atoms with van der Waals surface area (Å²) in [4.78, 5) is 13.3. The van der Waals surface area contributed by atoms with E-state index in [1.165, 1.54) is 26.4 Å². The molecular weight excluding hydrogens is 228 g/mol. The highest BCUT2D eigenvalue weighted by Crippen LogP contribution is 2.11. The molecule has 16 heavy (non-hydrogen) atoms. The molecule has 1 rings (SSSR count). The van der Waals surface area contributed by atoms with Crippen LogP contribution in [0.25, 0.3) is 0 Å². The van der Waals surface area contributed by atoms with E-state index >= 15 is 0 Å². The molecule has 0 aromatic rings.